The number of carbonyl (C=O) groups is 3. The number of nitrogens with zero attached hydrogens (tertiary/aromatic N) is 1. The topological polar surface area (TPSA) is 74.7 Å². The monoisotopic (exact) mass is 287 g/mol. The number of hydrogen-bond acceptors (Lipinski definition) is 3. The zero-order chi connectivity index (χ0) is 15.1. The summed E-state index contributed by atoms with van der Waals surface area (Å²) < 4.78 is 0. The second-order valence-corrected chi connectivity index (χ2v) is 5.78. The lowest BCUT2D eigenvalue weighted by molar-refractivity contribution is -0.122. The van der Waals surface area contributed by atoms with Crippen LogP contribution in [0.15, 0.2) is 18.2 Å². The minimum atomic E-state index is -1.11. The van der Waals surface area contributed by atoms with E-state index in [1.54, 1.807) is 25.1 Å². The molecule has 1 heterocycles. The van der Waals surface area contributed by atoms with Gasteiger partial charge in [0.15, 0.2) is 0 Å². The summed E-state index contributed by atoms with van der Waals surface area (Å²) in [4.78, 5) is 37.7. The highest BCUT2D eigenvalue weighted by molar-refractivity contribution is 6.24. The summed E-state index contributed by atoms with van der Waals surface area (Å²) in [6, 6.07) is 4.90. The minimum absolute atomic E-state index is 0.0397. The number of rotatable bonds is 2. The van der Waals surface area contributed by atoms with Crippen molar-refractivity contribution in [3.63, 3.8) is 0 Å². The second-order valence-electron chi connectivity index (χ2n) is 5.78. The van der Waals surface area contributed by atoms with E-state index in [9.17, 15) is 19.5 Å². The van der Waals surface area contributed by atoms with Crippen LogP contribution < -0.4 is 4.90 Å². The number of imide groups is 1. The van der Waals surface area contributed by atoms with Gasteiger partial charge in [0.2, 0.25) is 11.8 Å². The minimum Gasteiger partial charge on any atom is -0.478 e. The Bertz CT molecular complexity index is 613. The molecule has 0 bridgehead atoms. The summed E-state index contributed by atoms with van der Waals surface area (Å²) in [5.41, 5.74) is 0.806. The van der Waals surface area contributed by atoms with Gasteiger partial charge in [0.1, 0.15) is 0 Å². The quantitative estimate of drug-likeness (QED) is 0.847. The maximum Gasteiger partial charge on any atom is 0.338 e. The Hall–Kier alpha value is -2.17. The van der Waals surface area contributed by atoms with Gasteiger partial charge in [0.05, 0.1) is 23.1 Å². The molecule has 1 saturated carbocycles. The van der Waals surface area contributed by atoms with Crippen molar-refractivity contribution in [2.24, 2.45) is 11.8 Å². The van der Waals surface area contributed by atoms with Gasteiger partial charge < -0.3 is 5.11 Å². The molecule has 0 spiro atoms. The Morgan fingerprint density at radius 3 is 2.24 bits per heavy atom. The van der Waals surface area contributed by atoms with Crippen LogP contribution in [0, 0.1) is 18.8 Å². The van der Waals surface area contributed by atoms with Crippen LogP contribution in [0.1, 0.15) is 41.6 Å². The van der Waals surface area contributed by atoms with Crippen molar-refractivity contribution in [1.82, 2.24) is 0 Å². The molecule has 1 aromatic carbocycles. The molecule has 3 rings (SSSR count). The van der Waals surface area contributed by atoms with Gasteiger partial charge in [-0.1, -0.05) is 25.0 Å². The van der Waals surface area contributed by atoms with Gasteiger partial charge in [-0.3, -0.25) is 9.59 Å². The van der Waals surface area contributed by atoms with E-state index in [0.29, 0.717) is 5.56 Å². The molecule has 1 aliphatic carbocycles. The van der Waals surface area contributed by atoms with Crippen molar-refractivity contribution in [1.29, 1.82) is 0 Å². The third-order valence-electron chi connectivity index (χ3n) is 4.55. The van der Waals surface area contributed by atoms with E-state index in [-0.39, 0.29) is 34.9 Å². The number of aromatic carboxylic acids is 1. The smallest absolute Gasteiger partial charge is 0.338 e. The number of fused-ring (bicyclic) bond motifs is 1. The fourth-order valence-corrected chi connectivity index (χ4v) is 3.52. The molecule has 1 saturated heterocycles. The van der Waals surface area contributed by atoms with Crippen LogP contribution in [0.25, 0.3) is 0 Å². The lowest BCUT2D eigenvalue weighted by Crippen LogP contribution is -2.32. The summed E-state index contributed by atoms with van der Waals surface area (Å²) in [6.45, 7) is 1.67. The Labute approximate surface area is 122 Å². The molecule has 1 aliphatic heterocycles. The van der Waals surface area contributed by atoms with Crippen molar-refractivity contribution in [3.05, 3.63) is 29.3 Å². The highest BCUT2D eigenvalue weighted by Crippen LogP contribution is 2.41. The van der Waals surface area contributed by atoms with Crippen molar-refractivity contribution in [3.8, 4) is 0 Å². The molecule has 21 heavy (non-hydrogen) atoms. The van der Waals surface area contributed by atoms with Crippen molar-refractivity contribution >= 4 is 23.5 Å². The van der Waals surface area contributed by atoms with Gasteiger partial charge in [-0.2, -0.15) is 0 Å². The fraction of sp³-hybridized carbons (Fsp3) is 0.438. The van der Waals surface area contributed by atoms with Crippen LogP contribution in [-0.4, -0.2) is 22.9 Å². The van der Waals surface area contributed by atoms with Gasteiger partial charge >= 0.3 is 5.97 Å². The average molecular weight is 287 g/mol. The van der Waals surface area contributed by atoms with E-state index >= 15 is 0 Å². The molecule has 2 amide bonds. The number of aryl methyl sites for hydroxylation is 1. The van der Waals surface area contributed by atoms with Gasteiger partial charge in [-0.15, -0.1) is 0 Å². The summed E-state index contributed by atoms with van der Waals surface area (Å²) in [7, 11) is 0. The molecule has 1 N–H and O–H groups in total. The molecule has 2 aliphatic rings. The molecule has 5 nitrogen and oxygen atoms in total. The fourth-order valence-electron chi connectivity index (χ4n) is 3.52. The lowest BCUT2D eigenvalue weighted by atomic mass is 9.81. The van der Waals surface area contributed by atoms with Crippen LogP contribution in [0.3, 0.4) is 0 Å². The van der Waals surface area contributed by atoms with Crippen LogP contribution in [0.2, 0.25) is 0 Å². The second kappa shape index (κ2) is 4.98. The van der Waals surface area contributed by atoms with Crippen LogP contribution in [0.5, 0.6) is 0 Å². The third kappa shape index (κ3) is 2.04. The Morgan fingerprint density at radius 1 is 1.14 bits per heavy atom. The Kier molecular flexibility index (Phi) is 3.27. The number of anilines is 1. The lowest BCUT2D eigenvalue weighted by Gasteiger charge is -2.19. The van der Waals surface area contributed by atoms with Gasteiger partial charge in [0, 0.05) is 0 Å². The molecule has 0 radical (unpaired) electrons. The van der Waals surface area contributed by atoms with Crippen molar-refractivity contribution in [2.75, 3.05) is 4.90 Å². The van der Waals surface area contributed by atoms with Gasteiger partial charge in [-0.25, -0.2) is 9.69 Å². The van der Waals surface area contributed by atoms with Crippen LogP contribution >= 0.6 is 0 Å². The highest BCUT2D eigenvalue weighted by Gasteiger charge is 2.49. The van der Waals surface area contributed by atoms with E-state index in [1.807, 2.05) is 0 Å². The number of amides is 2. The van der Waals surface area contributed by atoms with E-state index in [4.69, 9.17) is 0 Å². The van der Waals surface area contributed by atoms with Crippen LogP contribution in [-0.2, 0) is 9.59 Å². The maximum absolute atomic E-state index is 12.5. The zero-order valence-electron chi connectivity index (χ0n) is 11.8. The first kappa shape index (κ1) is 13.8. The predicted octanol–water partition coefficient (Wildman–Crippen LogP) is 2.37. The first-order chi connectivity index (χ1) is 10.0. The number of benzene rings is 1. The highest BCUT2D eigenvalue weighted by atomic mass is 16.4. The number of carboxylic acid groups (broad SMARTS) is 1. The standard InChI is InChI=1S/C16H17NO4/c1-9-5-4-8-12(13(9)16(20)21)17-14(18)10-6-2-3-7-11(10)15(17)19/h4-5,8,10-11H,2-3,6-7H2,1H3,(H,20,21). The molecule has 1 aromatic rings. The molecule has 2 atom stereocenters. The van der Waals surface area contributed by atoms with Crippen LogP contribution in [0.4, 0.5) is 5.69 Å². The molecular weight excluding hydrogens is 270 g/mol. The van der Waals surface area contributed by atoms with Gasteiger partial charge in [0.25, 0.3) is 0 Å². The zero-order valence-corrected chi connectivity index (χ0v) is 11.8. The summed E-state index contributed by atoms with van der Waals surface area (Å²) in [6.07, 6.45) is 3.35. The molecule has 2 unspecified atom stereocenters. The molecule has 2 fully saturated rings. The van der Waals surface area contributed by atoms with E-state index in [2.05, 4.69) is 0 Å². The third-order valence-corrected chi connectivity index (χ3v) is 4.55. The number of carboxylic acids is 1. The van der Waals surface area contributed by atoms with E-state index in [0.717, 1.165) is 30.6 Å². The molecule has 5 heteroatoms. The number of carbonyl (C=O) groups excluding carboxylic acids is 2. The van der Waals surface area contributed by atoms with Gasteiger partial charge in [-0.05, 0) is 31.4 Å². The molecule has 110 valence electrons. The molecular formula is C16H17NO4. The first-order valence-electron chi connectivity index (χ1n) is 7.23. The first-order valence-corrected chi connectivity index (χ1v) is 7.23. The Balaban J connectivity index is 2.09. The number of hydrogen-bond donors (Lipinski definition) is 1. The van der Waals surface area contributed by atoms with Crippen molar-refractivity contribution in [2.45, 2.75) is 32.6 Å². The summed E-state index contributed by atoms with van der Waals surface area (Å²) in [5.74, 6) is -2.13. The summed E-state index contributed by atoms with van der Waals surface area (Å²) in [5, 5.41) is 9.39. The largest absolute Gasteiger partial charge is 0.478 e. The Morgan fingerprint density at radius 2 is 1.71 bits per heavy atom. The summed E-state index contributed by atoms with van der Waals surface area (Å²) >= 11 is 0. The molecule has 0 aromatic heterocycles. The SMILES string of the molecule is Cc1cccc(N2C(=O)C3CCCCC3C2=O)c1C(=O)O. The normalized spacial score (nSPS) is 25.1. The maximum atomic E-state index is 12.5. The van der Waals surface area contributed by atoms with Crippen molar-refractivity contribution < 1.29 is 19.5 Å². The van der Waals surface area contributed by atoms with E-state index in [1.165, 1.54) is 0 Å². The van der Waals surface area contributed by atoms with E-state index < -0.39 is 5.97 Å². The predicted molar refractivity (Wildman–Crippen MR) is 76.1 cm³/mol. The average Bonchev–Trinajstić information content (AvgIpc) is 2.71.